The molecule has 0 aliphatic heterocycles. The van der Waals surface area contributed by atoms with E-state index in [1.165, 1.54) is 12.3 Å². The van der Waals surface area contributed by atoms with Crippen molar-refractivity contribution in [1.82, 2.24) is 4.98 Å². The molecule has 1 heterocycles. The molecule has 1 aromatic heterocycles. The van der Waals surface area contributed by atoms with E-state index in [1.807, 2.05) is 20.8 Å². The summed E-state index contributed by atoms with van der Waals surface area (Å²) in [5.41, 5.74) is 11.0. The van der Waals surface area contributed by atoms with Crippen molar-refractivity contribution in [1.29, 1.82) is 0 Å². The zero-order valence-electron chi connectivity index (χ0n) is 10.9. The molecule has 100 valence electrons. The van der Waals surface area contributed by atoms with Gasteiger partial charge in [-0.25, -0.2) is 4.98 Å². The number of hydrogen-bond donors (Lipinski definition) is 2. The number of rotatable bonds is 5. The van der Waals surface area contributed by atoms with Crippen LogP contribution in [-0.4, -0.2) is 29.7 Å². The molecular formula is C12H19N3O3. The Morgan fingerprint density at radius 3 is 2.61 bits per heavy atom. The number of nitrogen functional groups attached to an aromatic ring is 1. The van der Waals surface area contributed by atoms with Gasteiger partial charge in [-0.2, -0.15) is 0 Å². The van der Waals surface area contributed by atoms with Gasteiger partial charge in [0.2, 0.25) is 5.88 Å². The molecule has 0 saturated carbocycles. The number of amides is 1. The Hall–Kier alpha value is -1.82. The van der Waals surface area contributed by atoms with Crippen LogP contribution in [0.25, 0.3) is 0 Å². The predicted molar refractivity (Wildman–Crippen MR) is 68.4 cm³/mol. The van der Waals surface area contributed by atoms with Crippen molar-refractivity contribution in [2.24, 2.45) is 5.73 Å². The number of primary amides is 1. The van der Waals surface area contributed by atoms with Gasteiger partial charge in [0.1, 0.15) is 12.2 Å². The number of ether oxygens (including phenoxy) is 2. The highest BCUT2D eigenvalue weighted by Crippen LogP contribution is 2.17. The first-order chi connectivity index (χ1) is 8.29. The molecule has 1 rings (SSSR count). The second-order valence-corrected chi connectivity index (χ2v) is 4.79. The van der Waals surface area contributed by atoms with Gasteiger partial charge < -0.3 is 20.9 Å². The summed E-state index contributed by atoms with van der Waals surface area (Å²) in [7, 11) is 0. The molecule has 0 aliphatic rings. The van der Waals surface area contributed by atoms with Crippen LogP contribution in [-0.2, 0) is 4.74 Å². The lowest BCUT2D eigenvalue weighted by Gasteiger charge is -2.19. The number of aromatic nitrogens is 1. The van der Waals surface area contributed by atoms with Gasteiger partial charge in [0.05, 0.1) is 24.1 Å². The molecule has 0 spiro atoms. The summed E-state index contributed by atoms with van der Waals surface area (Å²) in [5.74, 6) is -0.448. The first-order valence-corrected chi connectivity index (χ1v) is 5.61. The molecule has 18 heavy (non-hydrogen) atoms. The lowest BCUT2D eigenvalue weighted by Crippen LogP contribution is -2.23. The van der Waals surface area contributed by atoms with E-state index in [0.717, 1.165) is 0 Å². The van der Waals surface area contributed by atoms with Crippen LogP contribution in [0.2, 0.25) is 0 Å². The molecule has 0 aromatic carbocycles. The molecule has 0 atom stereocenters. The number of carbonyl (C=O) groups excluding carboxylic acids is 1. The van der Waals surface area contributed by atoms with E-state index >= 15 is 0 Å². The maximum absolute atomic E-state index is 11.2. The summed E-state index contributed by atoms with van der Waals surface area (Å²) in [5, 5.41) is 0. The highest BCUT2D eigenvalue weighted by molar-refractivity contribution is 5.95. The fourth-order valence-corrected chi connectivity index (χ4v) is 1.25. The van der Waals surface area contributed by atoms with Gasteiger partial charge in [-0.05, 0) is 26.8 Å². The van der Waals surface area contributed by atoms with Crippen LogP contribution in [0.5, 0.6) is 5.88 Å². The topological polar surface area (TPSA) is 100 Å². The highest BCUT2D eigenvalue weighted by Gasteiger charge is 2.13. The maximum Gasteiger partial charge on any atom is 0.254 e. The number of carbonyl (C=O) groups is 1. The number of pyridine rings is 1. The van der Waals surface area contributed by atoms with E-state index in [2.05, 4.69) is 4.98 Å². The normalized spacial score (nSPS) is 11.3. The van der Waals surface area contributed by atoms with Gasteiger partial charge in [-0.3, -0.25) is 4.79 Å². The summed E-state index contributed by atoms with van der Waals surface area (Å²) in [6, 6.07) is 1.44. The highest BCUT2D eigenvalue weighted by atomic mass is 16.5. The summed E-state index contributed by atoms with van der Waals surface area (Å²) >= 11 is 0. The van der Waals surface area contributed by atoms with Crippen molar-refractivity contribution in [3.8, 4) is 5.88 Å². The number of nitrogens with zero attached hydrogens (tertiary/aromatic N) is 1. The molecule has 1 amide bonds. The van der Waals surface area contributed by atoms with Gasteiger partial charge in [-0.15, -0.1) is 0 Å². The Labute approximate surface area is 106 Å². The van der Waals surface area contributed by atoms with E-state index in [-0.39, 0.29) is 23.7 Å². The molecule has 1 aromatic rings. The second kappa shape index (κ2) is 5.68. The van der Waals surface area contributed by atoms with Crippen molar-refractivity contribution < 1.29 is 14.3 Å². The smallest absolute Gasteiger partial charge is 0.254 e. The van der Waals surface area contributed by atoms with Gasteiger partial charge >= 0.3 is 0 Å². The molecule has 0 bridgehead atoms. The monoisotopic (exact) mass is 253 g/mol. The van der Waals surface area contributed by atoms with Crippen molar-refractivity contribution in [3.63, 3.8) is 0 Å². The first-order valence-electron chi connectivity index (χ1n) is 5.61. The molecule has 0 radical (unpaired) electrons. The van der Waals surface area contributed by atoms with E-state index < -0.39 is 5.91 Å². The minimum absolute atomic E-state index is 0.172. The first kappa shape index (κ1) is 14.2. The van der Waals surface area contributed by atoms with E-state index in [1.54, 1.807) is 0 Å². The Morgan fingerprint density at radius 2 is 2.06 bits per heavy atom. The van der Waals surface area contributed by atoms with Crippen molar-refractivity contribution >= 4 is 11.6 Å². The molecule has 6 heteroatoms. The molecule has 6 nitrogen and oxygen atoms in total. The summed E-state index contributed by atoms with van der Waals surface area (Å²) in [4.78, 5) is 15.1. The average Bonchev–Trinajstić information content (AvgIpc) is 2.24. The fourth-order valence-electron chi connectivity index (χ4n) is 1.25. The molecular weight excluding hydrogens is 234 g/mol. The molecule has 0 fully saturated rings. The van der Waals surface area contributed by atoms with Crippen LogP contribution in [0.15, 0.2) is 12.3 Å². The standard InChI is InChI=1S/C12H19N3O3/c1-12(2,3)18-5-4-17-11-9(10(14)16)6-8(13)7-15-11/h6-7H,4-5,13H2,1-3H3,(H2,14,16). The third kappa shape index (κ3) is 4.58. The number of anilines is 1. The van der Waals surface area contributed by atoms with E-state index in [9.17, 15) is 4.79 Å². The zero-order valence-corrected chi connectivity index (χ0v) is 10.9. The second-order valence-electron chi connectivity index (χ2n) is 4.79. The largest absolute Gasteiger partial charge is 0.475 e. The maximum atomic E-state index is 11.2. The Balaban J connectivity index is 2.59. The van der Waals surface area contributed by atoms with Gasteiger partial charge in [-0.1, -0.05) is 0 Å². The third-order valence-electron chi connectivity index (χ3n) is 1.99. The average molecular weight is 253 g/mol. The summed E-state index contributed by atoms with van der Waals surface area (Å²) < 4.78 is 10.8. The van der Waals surface area contributed by atoms with Crippen LogP contribution in [0.3, 0.4) is 0 Å². The minimum Gasteiger partial charge on any atom is -0.475 e. The van der Waals surface area contributed by atoms with Crippen LogP contribution < -0.4 is 16.2 Å². The fraction of sp³-hybridized carbons (Fsp3) is 0.500. The van der Waals surface area contributed by atoms with Crippen LogP contribution in [0, 0.1) is 0 Å². The number of nitrogens with two attached hydrogens (primary N) is 2. The van der Waals surface area contributed by atoms with Crippen LogP contribution in [0.1, 0.15) is 31.1 Å². The summed E-state index contributed by atoms with van der Waals surface area (Å²) in [6.45, 7) is 6.53. The van der Waals surface area contributed by atoms with Gasteiger partial charge in [0.25, 0.3) is 5.91 Å². The predicted octanol–water partition coefficient (Wildman–Crippen LogP) is 0.957. The summed E-state index contributed by atoms with van der Waals surface area (Å²) in [6.07, 6.45) is 1.41. The lowest BCUT2D eigenvalue weighted by molar-refractivity contribution is -0.0169. The lowest BCUT2D eigenvalue weighted by atomic mass is 10.2. The molecule has 0 unspecified atom stereocenters. The number of hydrogen-bond acceptors (Lipinski definition) is 5. The zero-order chi connectivity index (χ0) is 13.8. The van der Waals surface area contributed by atoms with Crippen LogP contribution in [0.4, 0.5) is 5.69 Å². The van der Waals surface area contributed by atoms with Crippen molar-refractivity contribution in [3.05, 3.63) is 17.8 Å². The Morgan fingerprint density at radius 1 is 1.39 bits per heavy atom. The van der Waals surface area contributed by atoms with Crippen molar-refractivity contribution in [2.75, 3.05) is 18.9 Å². The molecule has 0 saturated heterocycles. The molecule has 4 N–H and O–H groups in total. The van der Waals surface area contributed by atoms with Gasteiger partial charge in [0, 0.05) is 0 Å². The van der Waals surface area contributed by atoms with E-state index in [0.29, 0.717) is 12.3 Å². The SMILES string of the molecule is CC(C)(C)OCCOc1ncc(N)cc1C(N)=O. The van der Waals surface area contributed by atoms with Crippen LogP contribution >= 0.6 is 0 Å². The molecule has 0 aliphatic carbocycles. The third-order valence-corrected chi connectivity index (χ3v) is 1.99. The van der Waals surface area contributed by atoms with Crippen molar-refractivity contribution in [2.45, 2.75) is 26.4 Å². The van der Waals surface area contributed by atoms with Gasteiger partial charge in [0.15, 0.2) is 0 Å². The quantitative estimate of drug-likeness (QED) is 0.761. The Kier molecular flexibility index (Phi) is 4.49. The Bertz CT molecular complexity index is 427. The minimum atomic E-state index is -0.624. The van der Waals surface area contributed by atoms with E-state index in [4.69, 9.17) is 20.9 Å².